The molecule has 0 aliphatic carbocycles. The maximum Gasteiger partial charge on any atom is 0.229 e. The van der Waals surface area contributed by atoms with Crippen molar-refractivity contribution < 1.29 is 14.3 Å². The van der Waals surface area contributed by atoms with Crippen LogP contribution >= 0.6 is 0 Å². The molecule has 2 aromatic carbocycles. The van der Waals surface area contributed by atoms with E-state index in [1.165, 1.54) is 13.3 Å². The minimum absolute atomic E-state index is 0.0423. The Hall–Kier alpha value is -3.41. The summed E-state index contributed by atoms with van der Waals surface area (Å²) in [6.07, 6.45) is 1.73. The van der Waals surface area contributed by atoms with Crippen LogP contribution in [0.2, 0.25) is 0 Å². The average Bonchev–Trinajstić information content (AvgIpc) is 3.10. The third-order valence-electron chi connectivity index (χ3n) is 4.77. The standard InChI is InChI=1S/C21H19N3O3/c1-27-19-10-9-16(12-22-19)23-21(26)15-11-20(25)24(13-15)18-8-4-6-14-5-2-3-7-17(14)18/h2-10,12,15H,11,13H2,1H3,(H,23,26). The summed E-state index contributed by atoms with van der Waals surface area (Å²) >= 11 is 0. The van der Waals surface area contributed by atoms with E-state index in [9.17, 15) is 9.59 Å². The van der Waals surface area contributed by atoms with Gasteiger partial charge in [0.05, 0.1) is 30.6 Å². The molecule has 3 aromatic rings. The number of ether oxygens (including phenoxy) is 1. The van der Waals surface area contributed by atoms with Crippen molar-refractivity contribution in [1.29, 1.82) is 0 Å². The highest BCUT2D eigenvalue weighted by molar-refractivity contribution is 6.08. The molecule has 1 N–H and O–H groups in total. The first-order chi connectivity index (χ1) is 13.2. The molecule has 1 saturated heterocycles. The smallest absolute Gasteiger partial charge is 0.229 e. The number of anilines is 2. The number of benzene rings is 2. The second-order valence-electron chi connectivity index (χ2n) is 6.48. The van der Waals surface area contributed by atoms with Gasteiger partial charge in [0, 0.05) is 24.4 Å². The maximum atomic E-state index is 12.6. The Morgan fingerprint density at radius 1 is 1.15 bits per heavy atom. The number of methoxy groups -OCH3 is 1. The van der Waals surface area contributed by atoms with E-state index in [1.807, 2.05) is 42.5 Å². The van der Waals surface area contributed by atoms with Crippen molar-refractivity contribution in [2.45, 2.75) is 6.42 Å². The van der Waals surface area contributed by atoms with Gasteiger partial charge in [-0.15, -0.1) is 0 Å². The van der Waals surface area contributed by atoms with Crippen LogP contribution in [0.3, 0.4) is 0 Å². The Balaban J connectivity index is 1.52. The van der Waals surface area contributed by atoms with Gasteiger partial charge in [-0.2, -0.15) is 0 Å². The van der Waals surface area contributed by atoms with E-state index in [1.54, 1.807) is 17.0 Å². The quantitative estimate of drug-likeness (QED) is 0.774. The van der Waals surface area contributed by atoms with Crippen LogP contribution in [0.25, 0.3) is 10.8 Å². The number of nitrogens with zero attached hydrogens (tertiary/aromatic N) is 2. The van der Waals surface area contributed by atoms with Gasteiger partial charge in [-0.05, 0) is 17.5 Å². The first-order valence-electron chi connectivity index (χ1n) is 8.75. The highest BCUT2D eigenvalue weighted by Crippen LogP contribution is 2.32. The fourth-order valence-corrected chi connectivity index (χ4v) is 3.38. The lowest BCUT2D eigenvalue weighted by molar-refractivity contribution is -0.122. The number of amides is 2. The molecule has 0 saturated carbocycles. The lowest BCUT2D eigenvalue weighted by Crippen LogP contribution is -2.28. The lowest BCUT2D eigenvalue weighted by Gasteiger charge is -2.19. The Labute approximate surface area is 156 Å². The van der Waals surface area contributed by atoms with Crippen LogP contribution in [0.15, 0.2) is 60.8 Å². The normalized spacial score (nSPS) is 16.6. The van der Waals surface area contributed by atoms with E-state index < -0.39 is 5.92 Å². The van der Waals surface area contributed by atoms with Crippen molar-refractivity contribution in [2.75, 3.05) is 23.9 Å². The number of carbonyl (C=O) groups excluding carboxylic acids is 2. The fraction of sp³-hybridized carbons (Fsp3) is 0.190. The molecule has 0 spiro atoms. The SMILES string of the molecule is COc1ccc(NC(=O)C2CC(=O)N(c3cccc4ccccc34)C2)cn1. The number of fused-ring (bicyclic) bond motifs is 1. The molecule has 0 radical (unpaired) electrons. The summed E-state index contributed by atoms with van der Waals surface area (Å²) in [6.45, 7) is 0.363. The summed E-state index contributed by atoms with van der Waals surface area (Å²) in [4.78, 5) is 31.0. The zero-order valence-corrected chi connectivity index (χ0v) is 14.9. The monoisotopic (exact) mass is 361 g/mol. The number of rotatable bonds is 4. The third-order valence-corrected chi connectivity index (χ3v) is 4.77. The van der Waals surface area contributed by atoms with E-state index in [-0.39, 0.29) is 18.2 Å². The predicted octanol–water partition coefficient (Wildman–Crippen LogP) is 3.24. The predicted molar refractivity (Wildman–Crippen MR) is 104 cm³/mol. The molecule has 6 heteroatoms. The molecule has 1 fully saturated rings. The van der Waals surface area contributed by atoms with Crippen molar-refractivity contribution in [2.24, 2.45) is 5.92 Å². The Morgan fingerprint density at radius 2 is 1.96 bits per heavy atom. The first kappa shape index (κ1) is 17.0. The van der Waals surface area contributed by atoms with Gasteiger partial charge < -0.3 is 15.0 Å². The van der Waals surface area contributed by atoms with Crippen molar-refractivity contribution in [3.05, 3.63) is 60.8 Å². The molecule has 1 aliphatic rings. The zero-order valence-electron chi connectivity index (χ0n) is 14.9. The number of carbonyl (C=O) groups is 2. The van der Waals surface area contributed by atoms with Crippen molar-refractivity contribution >= 4 is 34.0 Å². The molecule has 27 heavy (non-hydrogen) atoms. The maximum absolute atomic E-state index is 12.6. The molecule has 1 unspecified atom stereocenters. The van der Waals surface area contributed by atoms with Crippen LogP contribution < -0.4 is 15.0 Å². The fourth-order valence-electron chi connectivity index (χ4n) is 3.38. The Morgan fingerprint density at radius 3 is 2.74 bits per heavy atom. The van der Waals surface area contributed by atoms with Gasteiger partial charge in [-0.3, -0.25) is 9.59 Å². The van der Waals surface area contributed by atoms with Crippen molar-refractivity contribution in [3.8, 4) is 5.88 Å². The van der Waals surface area contributed by atoms with Gasteiger partial charge in [0.25, 0.3) is 0 Å². The van der Waals surface area contributed by atoms with Crippen LogP contribution in [0.5, 0.6) is 5.88 Å². The number of nitrogens with one attached hydrogen (secondary N) is 1. The number of hydrogen-bond donors (Lipinski definition) is 1. The summed E-state index contributed by atoms with van der Waals surface area (Å²) in [5, 5.41) is 4.91. The molecule has 6 nitrogen and oxygen atoms in total. The van der Waals surface area contributed by atoms with E-state index >= 15 is 0 Å². The molecule has 4 rings (SSSR count). The van der Waals surface area contributed by atoms with Gasteiger partial charge in [0.2, 0.25) is 17.7 Å². The Bertz CT molecular complexity index is 996. The number of pyridine rings is 1. The van der Waals surface area contributed by atoms with Crippen LogP contribution in [0.1, 0.15) is 6.42 Å². The minimum Gasteiger partial charge on any atom is -0.481 e. The lowest BCUT2D eigenvalue weighted by atomic mass is 10.1. The number of hydrogen-bond acceptors (Lipinski definition) is 4. The van der Waals surface area contributed by atoms with E-state index in [0.717, 1.165) is 16.5 Å². The van der Waals surface area contributed by atoms with Crippen LogP contribution in [-0.4, -0.2) is 30.5 Å². The molecular formula is C21H19N3O3. The third kappa shape index (κ3) is 3.33. The van der Waals surface area contributed by atoms with Gasteiger partial charge in [-0.25, -0.2) is 4.98 Å². The summed E-state index contributed by atoms with van der Waals surface area (Å²) in [7, 11) is 1.53. The molecule has 1 aromatic heterocycles. The average molecular weight is 361 g/mol. The van der Waals surface area contributed by atoms with E-state index in [2.05, 4.69) is 10.3 Å². The molecular weight excluding hydrogens is 342 g/mol. The van der Waals surface area contributed by atoms with Crippen LogP contribution in [-0.2, 0) is 9.59 Å². The van der Waals surface area contributed by atoms with Gasteiger partial charge >= 0.3 is 0 Å². The van der Waals surface area contributed by atoms with Gasteiger partial charge in [0.15, 0.2) is 0 Å². The molecule has 1 atom stereocenters. The Kier molecular flexibility index (Phi) is 4.46. The second kappa shape index (κ2) is 7.07. The summed E-state index contributed by atoms with van der Waals surface area (Å²) < 4.78 is 5.01. The molecule has 2 amide bonds. The van der Waals surface area contributed by atoms with Crippen LogP contribution in [0.4, 0.5) is 11.4 Å². The minimum atomic E-state index is -0.404. The topological polar surface area (TPSA) is 71.5 Å². The van der Waals surface area contributed by atoms with Crippen molar-refractivity contribution in [3.63, 3.8) is 0 Å². The number of aromatic nitrogens is 1. The second-order valence-corrected chi connectivity index (χ2v) is 6.48. The highest BCUT2D eigenvalue weighted by Gasteiger charge is 2.35. The van der Waals surface area contributed by atoms with Crippen LogP contribution in [0, 0.1) is 5.92 Å². The molecule has 0 bridgehead atoms. The summed E-state index contributed by atoms with van der Waals surface area (Å²) in [5.74, 6) is -0.151. The van der Waals surface area contributed by atoms with E-state index in [4.69, 9.17) is 4.74 Å². The molecule has 136 valence electrons. The van der Waals surface area contributed by atoms with Crippen molar-refractivity contribution in [1.82, 2.24) is 4.98 Å². The molecule has 2 heterocycles. The summed E-state index contributed by atoms with van der Waals surface area (Å²) in [6, 6.07) is 17.2. The van der Waals surface area contributed by atoms with Gasteiger partial charge in [0.1, 0.15) is 0 Å². The largest absolute Gasteiger partial charge is 0.481 e. The summed E-state index contributed by atoms with van der Waals surface area (Å²) in [5.41, 5.74) is 1.43. The zero-order chi connectivity index (χ0) is 18.8. The first-order valence-corrected chi connectivity index (χ1v) is 8.75. The molecule has 1 aliphatic heterocycles. The van der Waals surface area contributed by atoms with E-state index in [0.29, 0.717) is 18.1 Å². The van der Waals surface area contributed by atoms with Gasteiger partial charge in [-0.1, -0.05) is 36.4 Å². The highest BCUT2D eigenvalue weighted by atomic mass is 16.5.